The molecule has 2 atom stereocenters. The number of hydrogen-bond acceptors (Lipinski definition) is 5. The maximum absolute atomic E-state index is 12.3. The predicted octanol–water partition coefficient (Wildman–Crippen LogP) is 3.25. The lowest BCUT2D eigenvalue weighted by Crippen LogP contribution is -2.31. The number of methoxy groups -OCH3 is 1. The van der Waals surface area contributed by atoms with Gasteiger partial charge in [0, 0.05) is 19.1 Å². The number of nitrogens with zero attached hydrogens (tertiary/aromatic N) is 1. The number of carbonyl (C=O) groups is 1. The number of rotatable bonds is 5. The molecule has 1 aromatic heterocycles. The SMILES string of the molecule is COCCN1C(=O)/C(=C\c2ccc(C3CC3C)o2)SC1=S. The van der Waals surface area contributed by atoms with E-state index in [1.807, 2.05) is 12.1 Å². The maximum atomic E-state index is 12.3. The Hall–Kier alpha value is -1.11. The zero-order valence-corrected chi connectivity index (χ0v) is 13.6. The van der Waals surface area contributed by atoms with E-state index in [2.05, 4.69) is 6.92 Å². The topological polar surface area (TPSA) is 42.7 Å². The zero-order valence-electron chi connectivity index (χ0n) is 12.0. The van der Waals surface area contributed by atoms with Crippen LogP contribution in [0.25, 0.3) is 6.08 Å². The maximum Gasteiger partial charge on any atom is 0.266 e. The quantitative estimate of drug-likeness (QED) is 0.615. The summed E-state index contributed by atoms with van der Waals surface area (Å²) in [5.41, 5.74) is 0. The first-order chi connectivity index (χ1) is 10.1. The fourth-order valence-corrected chi connectivity index (χ4v) is 3.66. The van der Waals surface area contributed by atoms with Crippen molar-refractivity contribution in [2.75, 3.05) is 20.3 Å². The van der Waals surface area contributed by atoms with Gasteiger partial charge in [0.25, 0.3) is 5.91 Å². The Balaban J connectivity index is 1.72. The number of amides is 1. The van der Waals surface area contributed by atoms with Crippen LogP contribution in [0, 0.1) is 5.92 Å². The molecule has 3 rings (SSSR count). The van der Waals surface area contributed by atoms with E-state index < -0.39 is 0 Å². The van der Waals surface area contributed by atoms with Crippen molar-refractivity contribution >= 4 is 40.3 Å². The lowest BCUT2D eigenvalue weighted by Gasteiger charge is -2.12. The van der Waals surface area contributed by atoms with Gasteiger partial charge in [0.05, 0.1) is 18.1 Å². The molecule has 1 amide bonds. The van der Waals surface area contributed by atoms with Crippen molar-refractivity contribution < 1.29 is 13.9 Å². The van der Waals surface area contributed by atoms with Gasteiger partial charge < -0.3 is 9.15 Å². The van der Waals surface area contributed by atoms with E-state index in [9.17, 15) is 4.79 Å². The summed E-state index contributed by atoms with van der Waals surface area (Å²) in [6.45, 7) is 3.18. The second-order valence-corrected chi connectivity index (χ2v) is 7.06. The van der Waals surface area contributed by atoms with Crippen molar-refractivity contribution in [3.63, 3.8) is 0 Å². The Kier molecular flexibility index (Phi) is 4.19. The molecule has 2 unspecified atom stereocenters. The van der Waals surface area contributed by atoms with Crippen LogP contribution in [0.3, 0.4) is 0 Å². The van der Waals surface area contributed by atoms with Gasteiger partial charge in [-0.2, -0.15) is 0 Å². The third kappa shape index (κ3) is 3.07. The molecule has 2 heterocycles. The summed E-state index contributed by atoms with van der Waals surface area (Å²) >= 11 is 6.55. The van der Waals surface area contributed by atoms with E-state index in [0.29, 0.717) is 34.2 Å². The van der Waals surface area contributed by atoms with Crippen LogP contribution in [0.4, 0.5) is 0 Å². The van der Waals surface area contributed by atoms with Gasteiger partial charge in [0.1, 0.15) is 15.8 Å². The van der Waals surface area contributed by atoms with E-state index in [1.165, 1.54) is 18.2 Å². The monoisotopic (exact) mass is 323 g/mol. The summed E-state index contributed by atoms with van der Waals surface area (Å²) in [5, 5.41) is 0. The van der Waals surface area contributed by atoms with Gasteiger partial charge in [-0.25, -0.2) is 0 Å². The van der Waals surface area contributed by atoms with E-state index in [1.54, 1.807) is 18.1 Å². The smallest absolute Gasteiger partial charge is 0.266 e. The van der Waals surface area contributed by atoms with Gasteiger partial charge in [0.15, 0.2) is 0 Å². The van der Waals surface area contributed by atoms with Crippen molar-refractivity contribution in [1.82, 2.24) is 4.90 Å². The minimum atomic E-state index is -0.0696. The van der Waals surface area contributed by atoms with Crippen LogP contribution in [-0.4, -0.2) is 35.4 Å². The van der Waals surface area contributed by atoms with E-state index >= 15 is 0 Å². The van der Waals surface area contributed by atoms with E-state index in [-0.39, 0.29) is 5.91 Å². The molecule has 21 heavy (non-hydrogen) atoms. The second kappa shape index (κ2) is 5.94. The molecule has 2 fully saturated rings. The van der Waals surface area contributed by atoms with Gasteiger partial charge in [-0.05, 0) is 24.5 Å². The molecule has 2 aliphatic rings. The van der Waals surface area contributed by atoms with Crippen LogP contribution in [-0.2, 0) is 9.53 Å². The van der Waals surface area contributed by atoms with Gasteiger partial charge in [-0.1, -0.05) is 30.9 Å². The highest BCUT2D eigenvalue weighted by atomic mass is 32.2. The lowest BCUT2D eigenvalue weighted by atomic mass is 10.3. The molecule has 1 aliphatic carbocycles. The molecule has 0 aromatic carbocycles. The van der Waals surface area contributed by atoms with E-state index in [0.717, 1.165) is 11.5 Å². The normalized spacial score (nSPS) is 27.0. The summed E-state index contributed by atoms with van der Waals surface area (Å²) in [4.78, 5) is 14.5. The Morgan fingerprint density at radius 3 is 3.00 bits per heavy atom. The minimum Gasteiger partial charge on any atom is -0.461 e. The third-order valence-electron chi connectivity index (χ3n) is 3.79. The van der Waals surface area contributed by atoms with Crippen molar-refractivity contribution in [2.45, 2.75) is 19.3 Å². The molecule has 1 saturated heterocycles. The molecule has 6 heteroatoms. The number of thiocarbonyl (C=S) groups is 1. The summed E-state index contributed by atoms with van der Waals surface area (Å²) in [6, 6.07) is 3.92. The molecule has 0 spiro atoms. The third-order valence-corrected chi connectivity index (χ3v) is 5.17. The predicted molar refractivity (Wildman–Crippen MR) is 87.0 cm³/mol. The van der Waals surface area contributed by atoms with Gasteiger partial charge in [-0.3, -0.25) is 9.69 Å². The first kappa shape index (κ1) is 14.8. The molecule has 0 radical (unpaired) electrons. The minimum absolute atomic E-state index is 0.0696. The van der Waals surface area contributed by atoms with Gasteiger partial charge in [-0.15, -0.1) is 0 Å². The molecule has 112 valence electrons. The molecule has 1 saturated carbocycles. The van der Waals surface area contributed by atoms with Crippen LogP contribution in [0.15, 0.2) is 21.5 Å². The highest BCUT2D eigenvalue weighted by Gasteiger charge is 2.37. The summed E-state index contributed by atoms with van der Waals surface area (Å²) in [7, 11) is 1.61. The summed E-state index contributed by atoms with van der Waals surface area (Å²) in [5.74, 6) is 2.92. The Morgan fingerprint density at radius 2 is 2.33 bits per heavy atom. The average Bonchev–Trinajstić information content (AvgIpc) is 2.91. The molecular formula is C15H17NO3S2. The Labute approximate surface area is 133 Å². The Bertz CT molecular complexity index is 608. The molecule has 1 aromatic rings. The zero-order chi connectivity index (χ0) is 15.0. The highest BCUT2D eigenvalue weighted by molar-refractivity contribution is 8.26. The first-order valence-electron chi connectivity index (χ1n) is 6.94. The lowest BCUT2D eigenvalue weighted by molar-refractivity contribution is -0.122. The van der Waals surface area contributed by atoms with Crippen molar-refractivity contribution in [2.24, 2.45) is 5.92 Å². The first-order valence-corrected chi connectivity index (χ1v) is 8.16. The molecule has 4 nitrogen and oxygen atoms in total. The van der Waals surface area contributed by atoms with Crippen molar-refractivity contribution in [1.29, 1.82) is 0 Å². The number of ether oxygens (including phenoxy) is 1. The number of furan rings is 1. The van der Waals surface area contributed by atoms with Crippen LogP contribution in [0.2, 0.25) is 0 Å². The standard InChI is InChI=1S/C15H17NO3S2/c1-9-7-11(9)12-4-3-10(19-12)8-13-14(17)16(5-6-18-2)15(20)21-13/h3-4,8-9,11H,5-7H2,1-2H3/b13-8+. The summed E-state index contributed by atoms with van der Waals surface area (Å²) in [6.07, 6.45) is 2.97. The van der Waals surface area contributed by atoms with Crippen molar-refractivity contribution in [3.05, 3.63) is 28.6 Å². The summed E-state index contributed by atoms with van der Waals surface area (Å²) < 4.78 is 11.4. The molecule has 1 aliphatic heterocycles. The van der Waals surface area contributed by atoms with Crippen LogP contribution in [0.1, 0.15) is 30.8 Å². The molecular weight excluding hydrogens is 306 g/mol. The van der Waals surface area contributed by atoms with Gasteiger partial charge >= 0.3 is 0 Å². The van der Waals surface area contributed by atoms with Crippen LogP contribution >= 0.6 is 24.0 Å². The number of hydrogen-bond donors (Lipinski definition) is 0. The van der Waals surface area contributed by atoms with E-state index in [4.69, 9.17) is 21.4 Å². The fraction of sp³-hybridized carbons (Fsp3) is 0.467. The number of thioether (sulfide) groups is 1. The molecule has 0 bridgehead atoms. The molecule has 0 N–H and O–H groups in total. The van der Waals surface area contributed by atoms with Gasteiger partial charge in [0.2, 0.25) is 0 Å². The fourth-order valence-electron chi connectivity index (χ4n) is 2.37. The van der Waals surface area contributed by atoms with Crippen LogP contribution < -0.4 is 0 Å². The Morgan fingerprint density at radius 1 is 1.57 bits per heavy atom. The highest BCUT2D eigenvalue weighted by Crippen LogP contribution is 2.47. The second-order valence-electron chi connectivity index (χ2n) is 5.39. The van der Waals surface area contributed by atoms with Crippen LogP contribution in [0.5, 0.6) is 0 Å². The van der Waals surface area contributed by atoms with Crippen molar-refractivity contribution in [3.8, 4) is 0 Å². The number of carbonyl (C=O) groups excluding carboxylic acids is 1. The average molecular weight is 323 g/mol. The largest absolute Gasteiger partial charge is 0.461 e.